The topological polar surface area (TPSA) is 96.7 Å². The van der Waals surface area contributed by atoms with Crippen molar-refractivity contribution in [3.63, 3.8) is 0 Å². The van der Waals surface area contributed by atoms with Gasteiger partial charge < -0.3 is 9.47 Å². The average Bonchev–Trinajstić information content (AvgIpc) is 2.62. The molecule has 26 heavy (non-hydrogen) atoms. The Labute approximate surface area is 156 Å². The molecule has 136 valence electrons. The average molecular weight is 395 g/mol. The van der Waals surface area contributed by atoms with Crippen molar-refractivity contribution in [1.29, 1.82) is 5.26 Å². The van der Waals surface area contributed by atoms with E-state index in [1.165, 1.54) is 57.6 Å². The number of sulfonamides is 1. The highest BCUT2D eigenvalue weighted by atomic mass is 35.5. The lowest BCUT2D eigenvalue weighted by Gasteiger charge is -2.13. The fraction of sp³-hybridized carbons (Fsp3) is 0.176. The number of hydrogen-bond acceptors (Lipinski definition) is 6. The highest BCUT2D eigenvalue weighted by Crippen LogP contribution is 2.36. The van der Waals surface area contributed by atoms with Crippen molar-refractivity contribution in [3.05, 3.63) is 52.5 Å². The van der Waals surface area contributed by atoms with Crippen LogP contribution in [0.25, 0.3) is 0 Å². The van der Waals surface area contributed by atoms with E-state index in [0.29, 0.717) is 0 Å². The Balaban J connectivity index is 2.31. The third-order valence-electron chi connectivity index (χ3n) is 3.42. The van der Waals surface area contributed by atoms with Gasteiger partial charge >= 0.3 is 5.97 Å². The van der Waals surface area contributed by atoms with Crippen molar-refractivity contribution in [1.82, 2.24) is 4.31 Å². The number of nitrogens with zero attached hydrogens (tertiary/aromatic N) is 2. The Hall–Kier alpha value is -2.60. The molecule has 0 aromatic heterocycles. The molecule has 0 saturated heterocycles. The van der Waals surface area contributed by atoms with Gasteiger partial charge in [0.05, 0.1) is 34.2 Å². The Kier molecular flexibility index (Phi) is 5.87. The number of benzene rings is 2. The Bertz CT molecular complexity index is 979. The van der Waals surface area contributed by atoms with E-state index in [1.807, 2.05) is 6.07 Å². The monoisotopic (exact) mass is 394 g/mol. The van der Waals surface area contributed by atoms with E-state index in [1.54, 1.807) is 0 Å². The van der Waals surface area contributed by atoms with Gasteiger partial charge in [0.25, 0.3) is 0 Å². The molecular formula is C17H15ClN2O5S. The Morgan fingerprint density at radius 3 is 2.31 bits per heavy atom. The molecule has 0 fully saturated rings. The zero-order chi connectivity index (χ0) is 19.5. The van der Waals surface area contributed by atoms with Crippen LogP contribution in [0.5, 0.6) is 11.5 Å². The molecule has 0 spiro atoms. The van der Waals surface area contributed by atoms with Gasteiger partial charge in [-0.15, -0.1) is 0 Å². The minimum atomic E-state index is -3.59. The number of rotatable bonds is 5. The third-order valence-corrected chi connectivity index (χ3v) is 5.53. The predicted octanol–water partition coefficient (Wildman–Crippen LogP) is 2.69. The van der Waals surface area contributed by atoms with E-state index >= 15 is 0 Å². The highest BCUT2D eigenvalue weighted by Gasteiger charge is 2.20. The van der Waals surface area contributed by atoms with Crippen molar-refractivity contribution >= 4 is 27.6 Å². The molecule has 0 unspecified atom stereocenters. The van der Waals surface area contributed by atoms with Gasteiger partial charge in [-0.1, -0.05) is 11.6 Å². The maximum absolute atomic E-state index is 12.3. The van der Waals surface area contributed by atoms with Crippen molar-refractivity contribution in [2.45, 2.75) is 4.90 Å². The first-order valence-corrected chi connectivity index (χ1v) is 9.05. The molecule has 0 aliphatic heterocycles. The van der Waals surface area contributed by atoms with Gasteiger partial charge in [0, 0.05) is 20.2 Å². The lowest BCUT2D eigenvalue weighted by molar-refractivity contribution is 0.0729. The van der Waals surface area contributed by atoms with Crippen LogP contribution in [0, 0.1) is 11.3 Å². The van der Waals surface area contributed by atoms with Crippen LogP contribution in [-0.4, -0.2) is 39.9 Å². The second-order valence-electron chi connectivity index (χ2n) is 5.30. The Morgan fingerprint density at radius 1 is 1.19 bits per heavy atom. The molecule has 0 atom stereocenters. The summed E-state index contributed by atoms with van der Waals surface area (Å²) in [6.45, 7) is 0. The smallest absolute Gasteiger partial charge is 0.343 e. The zero-order valence-electron chi connectivity index (χ0n) is 14.2. The fourth-order valence-electron chi connectivity index (χ4n) is 2.01. The molecule has 0 amide bonds. The molecule has 7 nitrogen and oxygen atoms in total. The first kappa shape index (κ1) is 19.7. The molecule has 0 saturated carbocycles. The van der Waals surface area contributed by atoms with Gasteiger partial charge in [0.2, 0.25) is 10.0 Å². The summed E-state index contributed by atoms with van der Waals surface area (Å²) in [6.07, 6.45) is 0. The summed E-state index contributed by atoms with van der Waals surface area (Å²) in [5.41, 5.74) is 0.384. The van der Waals surface area contributed by atoms with Gasteiger partial charge in [-0.3, -0.25) is 0 Å². The number of esters is 1. The second kappa shape index (κ2) is 7.74. The fourth-order valence-corrected chi connectivity index (χ4v) is 3.16. The van der Waals surface area contributed by atoms with Crippen LogP contribution in [0.1, 0.15) is 15.9 Å². The normalized spacial score (nSPS) is 11.1. The van der Waals surface area contributed by atoms with E-state index in [2.05, 4.69) is 0 Å². The molecule has 0 N–H and O–H groups in total. The van der Waals surface area contributed by atoms with Gasteiger partial charge in [0.15, 0.2) is 11.5 Å². The van der Waals surface area contributed by atoms with Crippen LogP contribution in [0.3, 0.4) is 0 Å². The summed E-state index contributed by atoms with van der Waals surface area (Å²) >= 11 is 6.05. The van der Waals surface area contributed by atoms with Gasteiger partial charge in [-0.25, -0.2) is 17.5 Å². The van der Waals surface area contributed by atoms with Crippen molar-refractivity contribution in [2.24, 2.45) is 0 Å². The number of methoxy groups -OCH3 is 1. The third kappa shape index (κ3) is 3.96. The zero-order valence-corrected chi connectivity index (χ0v) is 15.8. The van der Waals surface area contributed by atoms with Crippen LogP contribution in [-0.2, 0) is 10.0 Å². The summed E-state index contributed by atoms with van der Waals surface area (Å²) in [5.74, 6) is -0.638. The van der Waals surface area contributed by atoms with Gasteiger partial charge in [-0.05, 0) is 30.3 Å². The lowest BCUT2D eigenvalue weighted by atomic mass is 10.2. The summed E-state index contributed by atoms with van der Waals surface area (Å²) < 4.78 is 35.5. The number of nitriles is 1. The van der Waals surface area contributed by atoms with Gasteiger partial charge in [0.1, 0.15) is 0 Å². The largest absolute Gasteiger partial charge is 0.493 e. The molecule has 0 heterocycles. The predicted molar refractivity (Wildman–Crippen MR) is 95.0 cm³/mol. The van der Waals surface area contributed by atoms with Crippen LogP contribution < -0.4 is 9.47 Å². The maximum atomic E-state index is 12.3. The first-order chi connectivity index (χ1) is 12.2. The van der Waals surface area contributed by atoms with Crippen LogP contribution in [0.4, 0.5) is 0 Å². The molecule has 9 heteroatoms. The second-order valence-corrected chi connectivity index (χ2v) is 7.86. The summed E-state index contributed by atoms with van der Waals surface area (Å²) in [6, 6.07) is 9.95. The molecule has 0 radical (unpaired) electrons. The van der Waals surface area contributed by atoms with E-state index in [-0.39, 0.29) is 32.5 Å². The quantitative estimate of drug-likeness (QED) is 0.571. The first-order valence-electron chi connectivity index (χ1n) is 7.23. The van der Waals surface area contributed by atoms with E-state index in [9.17, 15) is 13.2 Å². The van der Waals surface area contributed by atoms with Gasteiger partial charge in [-0.2, -0.15) is 5.26 Å². The summed E-state index contributed by atoms with van der Waals surface area (Å²) in [7, 11) is 0.585. The van der Waals surface area contributed by atoms with E-state index in [0.717, 1.165) is 4.31 Å². The lowest BCUT2D eigenvalue weighted by Crippen LogP contribution is -2.22. The number of carbonyl (C=O) groups excluding carboxylic acids is 1. The SMILES string of the molecule is COc1cc(C#N)cc(Cl)c1OC(=O)c1ccc(S(=O)(=O)N(C)C)cc1. The van der Waals surface area contributed by atoms with Crippen molar-refractivity contribution in [3.8, 4) is 17.6 Å². The van der Waals surface area contributed by atoms with Crippen LogP contribution in [0.15, 0.2) is 41.3 Å². The van der Waals surface area contributed by atoms with Crippen LogP contribution >= 0.6 is 11.6 Å². The maximum Gasteiger partial charge on any atom is 0.343 e. The summed E-state index contributed by atoms with van der Waals surface area (Å²) in [5, 5.41) is 8.98. The number of halogens is 1. The molecule has 2 aromatic rings. The molecule has 0 aliphatic rings. The molecule has 0 aliphatic carbocycles. The Morgan fingerprint density at radius 2 is 1.81 bits per heavy atom. The minimum absolute atomic E-state index is 0.0249. The number of ether oxygens (including phenoxy) is 2. The minimum Gasteiger partial charge on any atom is -0.493 e. The molecular weight excluding hydrogens is 380 g/mol. The number of carbonyl (C=O) groups is 1. The van der Waals surface area contributed by atoms with E-state index < -0.39 is 16.0 Å². The van der Waals surface area contributed by atoms with Crippen molar-refractivity contribution < 1.29 is 22.7 Å². The molecule has 2 rings (SSSR count). The van der Waals surface area contributed by atoms with E-state index in [4.69, 9.17) is 26.3 Å². The summed E-state index contributed by atoms with van der Waals surface area (Å²) in [4.78, 5) is 12.4. The number of hydrogen-bond donors (Lipinski definition) is 0. The van der Waals surface area contributed by atoms with Crippen molar-refractivity contribution in [2.75, 3.05) is 21.2 Å². The molecule has 2 aromatic carbocycles. The standard InChI is InChI=1S/C17H15ClN2O5S/c1-20(2)26(22,23)13-6-4-12(5-7-13)17(21)25-16-14(18)8-11(10-19)9-15(16)24-3/h4-9H,1-3H3. The highest BCUT2D eigenvalue weighted by molar-refractivity contribution is 7.89. The molecule has 0 bridgehead atoms. The van der Waals surface area contributed by atoms with Crippen LogP contribution in [0.2, 0.25) is 5.02 Å².